The molecule has 2 N–H and O–H groups in total. The zero-order valence-electron chi connectivity index (χ0n) is 5.12. The largest absolute Gasteiger partial charge is 0.550 e. The molecule has 5 heteroatoms. The van der Waals surface area contributed by atoms with Crippen molar-refractivity contribution in [2.45, 2.75) is 12.8 Å². The molecule has 0 aliphatic rings. The molecule has 0 aliphatic heterocycles. The molecule has 0 aliphatic carbocycles. The summed E-state index contributed by atoms with van der Waals surface area (Å²) in [5.74, 6) is -2.86. The van der Waals surface area contributed by atoms with E-state index in [2.05, 4.69) is 0 Å². The van der Waals surface area contributed by atoms with E-state index in [1.165, 1.54) is 0 Å². The maximum atomic E-state index is 9.83. The highest BCUT2D eigenvalue weighted by molar-refractivity contribution is 6.32. The van der Waals surface area contributed by atoms with Gasteiger partial charge in [0.15, 0.2) is 0 Å². The van der Waals surface area contributed by atoms with Crippen molar-refractivity contribution >= 4 is 17.7 Å². The van der Waals surface area contributed by atoms with Crippen molar-refractivity contribution < 1.29 is 25.2 Å². The van der Waals surface area contributed by atoms with Gasteiger partial charge in [0.05, 0.1) is 0 Å². The Bertz CT molecular complexity index is 174. The molecule has 0 aromatic carbocycles. The molecule has 55 valence electrons. The van der Waals surface area contributed by atoms with Gasteiger partial charge in [0, 0.05) is 12.4 Å². The number of carboxylic acid groups (broad SMARTS) is 1. The number of aliphatic carboxylic acids is 1. The predicted molar refractivity (Wildman–Crippen MR) is 26.9 cm³/mol. The van der Waals surface area contributed by atoms with Gasteiger partial charge in [-0.25, -0.2) is 9.90 Å². The molecular weight excluding hydrogens is 138 g/mol. The van der Waals surface area contributed by atoms with Gasteiger partial charge in [-0.2, -0.15) is 0 Å². The zero-order valence-corrected chi connectivity index (χ0v) is 5.12. The Labute approximate surface area is 56.8 Å². The van der Waals surface area contributed by atoms with Gasteiger partial charge in [0.25, 0.3) is 5.71 Å². The average Bonchev–Trinajstić information content (AvgIpc) is 1.82. The molecule has 1 radical (unpaired) electrons. The molecule has 0 unspecified atom stereocenters. The number of hydrogen-bond donors (Lipinski definition) is 1. The maximum Gasteiger partial charge on any atom is 0.444 e. The van der Waals surface area contributed by atoms with Crippen molar-refractivity contribution in [2.24, 2.45) is 0 Å². The topological polar surface area (TPSA) is 103 Å². The summed E-state index contributed by atoms with van der Waals surface area (Å²) in [5.41, 5.74) is -0.468. The SMILES string of the molecule is [NH2+]=C(CCC(=O)[O-])C([O])=O. The van der Waals surface area contributed by atoms with Crippen molar-refractivity contribution in [1.82, 2.24) is 0 Å². The van der Waals surface area contributed by atoms with Crippen molar-refractivity contribution in [3.8, 4) is 0 Å². The number of nitrogens with two attached hydrogens (primary N) is 1. The van der Waals surface area contributed by atoms with E-state index < -0.39 is 17.7 Å². The van der Waals surface area contributed by atoms with Crippen LogP contribution in [0.25, 0.3) is 0 Å². The first kappa shape index (κ1) is 8.61. The first-order valence-corrected chi connectivity index (χ1v) is 2.56. The molecule has 0 atom stereocenters. The molecule has 0 spiro atoms. The minimum Gasteiger partial charge on any atom is -0.550 e. The molecule has 0 aromatic heterocycles. The molecule has 0 saturated carbocycles. The Morgan fingerprint density at radius 3 is 2.10 bits per heavy atom. The Hall–Kier alpha value is -1.39. The fourth-order valence-corrected chi connectivity index (χ4v) is 0.339. The first-order chi connectivity index (χ1) is 4.54. The fourth-order valence-electron chi connectivity index (χ4n) is 0.339. The van der Waals surface area contributed by atoms with E-state index in [9.17, 15) is 19.8 Å². The lowest BCUT2D eigenvalue weighted by Gasteiger charge is -1.94. The molecule has 0 bridgehead atoms. The van der Waals surface area contributed by atoms with E-state index in [1.807, 2.05) is 0 Å². The Balaban J connectivity index is 3.60. The number of carbonyl (C=O) groups excluding carboxylic acids is 2. The van der Waals surface area contributed by atoms with E-state index in [1.54, 1.807) is 0 Å². The molecule has 0 saturated heterocycles. The lowest BCUT2D eigenvalue weighted by atomic mass is 10.2. The summed E-state index contributed by atoms with van der Waals surface area (Å²) in [6.45, 7) is 0. The molecule has 0 amide bonds. The number of carboxylic acids is 1. The van der Waals surface area contributed by atoms with Gasteiger partial charge in [0.2, 0.25) is 0 Å². The van der Waals surface area contributed by atoms with E-state index in [4.69, 9.17) is 5.41 Å². The van der Waals surface area contributed by atoms with Crippen molar-refractivity contribution in [3.05, 3.63) is 0 Å². The summed E-state index contributed by atoms with van der Waals surface area (Å²) in [7, 11) is 0. The van der Waals surface area contributed by atoms with Crippen molar-refractivity contribution in [3.63, 3.8) is 0 Å². The summed E-state index contributed by atoms with van der Waals surface area (Å²) in [4.78, 5) is 19.6. The van der Waals surface area contributed by atoms with Crippen LogP contribution in [-0.2, 0) is 14.7 Å². The minimum absolute atomic E-state index is 0.231. The highest BCUT2D eigenvalue weighted by atomic mass is 16.4. The summed E-state index contributed by atoms with van der Waals surface area (Å²) >= 11 is 0. The quantitative estimate of drug-likeness (QED) is 0.417. The van der Waals surface area contributed by atoms with Crippen LogP contribution < -0.4 is 10.5 Å². The molecule has 0 heterocycles. The highest BCUT2D eigenvalue weighted by Crippen LogP contribution is 1.86. The van der Waals surface area contributed by atoms with Crippen LogP contribution in [0.15, 0.2) is 0 Å². The smallest absolute Gasteiger partial charge is 0.444 e. The van der Waals surface area contributed by atoms with Gasteiger partial charge in [-0.15, -0.1) is 0 Å². The third-order valence-electron chi connectivity index (χ3n) is 0.861. The Morgan fingerprint density at radius 2 is 1.80 bits per heavy atom. The number of rotatable bonds is 4. The Kier molecular flexibility index (Phi) is 3.10. The molecule has 0 aromatic rings. The van der Waals surface area contributed by atoms with Gasteiger partial charge in [-0.05, 0) is 6.42 Å². The predicted octanol–water partition coefficient (Wildman–Crippen LogP) is -3.33. The lowest BCUT2D eigenvalue weighted by molar-refractivity contribution is -0.305. The number of carbonyl (C=O) groups is 2. The van der Waals surface area contributed by atoms with Gasteiger partial charge < -0.3 is 9.90 Å². The lowest BCUT2D eigenvalue weighted by Crippen LogP contribution is -2.45. The molecule has 0 fully saturated rings. The van der Waals surface area contributed by atoms with Crippen LogP contribution in [0, 0.1) is 0 Å². The first-order valence-electron chi connectivity index (χ1n) is 2.56. The minimum atomic E-state index is -1.53. The standard InChI is InChI=1S/C5H6NO4/c6-3(5(9)10)1-2-4(7)8/h6H,1-2H2,(H,7,8). The maximum absolute atomic E-state index is 9.83. The normalized spacial score (nSPS) is 8.80. The molecular formula is C5H6NO4. The summed E-state index contributed by atoms with van der Waals surface area (Å²) in [5, 5.41) is 24.4. The third-order valence-corrected chi connectivity index (χ3v) is 0.861. The summed E-state index contributed by atoms with van der Waals surface area (Å²) in [6.07, 6.45) is -0.621. The average molecular weight is 144 g/mol. The zero-order chi connectivity index (χ0) is 8.15. The van der Waals surface area contributed by atoms with Crippen LogP contribution in [0.1, 0.15) is 12.8 Å². The van der Waals surface area contributed by atoms with Gasteiger partial charge in [-0.3, -0.25) is 5.41 Å². The van der Waals surface area contributed by atoms with Crippen LogP contribution >= 0.6 is 0 Å². The van der Waals surface area contributed by atoms with Crippen molar-refractivity contribution in [2.75, 3.05) is 0 Å². The van der Waals surface area contributed by atoms with Crippen LogP contribution in [0.2, 0.25) is 0 Å². The highest BCUT2D eigenvalue weighted by Gasteiger charge is 2.13. The van der Waals surface area contributed by atoms with Gasteiger partial charge in [0.1, 0.15) is 0 Å². The third kappa shape index (κ3) is 3.59. The molecule has 10 heavy (non-hydrogen) atoms. The Morgan fingerprint density at radius 1 is 1.30 bits per heavy atom. The monoisotopic (exact) mass is 144 g/mol. The van der Waals surface area contributed by atoms with Gasteiger partial charge >= 0.3 is 5.97 Å². The van der Waals surface area contributed by atoms with E-state index in [-0.39, 0.29) is 12.8 Å². The van der Waals surface area contributed by atoms with Crippen molar-refractivity contribution in [1.29, 1.82) is 0 Å². The van der Waals surface area contributed by atoms with Crippen LogP contribution in [-0.4, -0.2) is 17.7 Å². The van der Waals surface area contributed by atoms with E-state index >= 15 is 0 Å². The second-order valence-electron chi connectivity index (χ2n) is 1.68. The second kappa shape index (κ2) is 3.60. The van der Waals surface area contributed by atoms with Gasteiger partial charge in [-0.1, -0.05) is 0 Å². The molecule has 0 rings (SSSR count). The van der Waals surface area contributed by atoms with Crippen LogP contribution in [0.5, 0.6) is 0 Å². The van der Waals surface area contributed by atoms with Crippen LogP contribution in [0.3, 0.4) is 0 Å². The van der Waals surface area contributed by atoms with Crippen LogP contribution in [0.4, 0.5) is 0 Å². The summed E-state index contributed by atoms with van der Waals surface area (Å²) in [6, 6.07) is 0. The second-order valence-corrected chi connectivity index (χ2v) is 1.68. The number of hydrogen-bond acceptors (Lipinski definition) is 3. The molecule has 5 nitrogen and oxygen atoms in total. The van der Waals surface area contributed by atoms with E-state index in [0.29, 0.717) is 0 Å². The summed E-state index contributed by atoms with van der Waals surface area (Å²) < 4.78 is 0. The van der Waals surface area contributed by atoms with E-state index in [0.717, 1.165) is 0 Å². The fraction of sp³-hybridized carbons (Fsp3) is 0.400.